The fourth-order valence-electron chi connectivity index (χ4n) is 4.20. The van der Waals surface area contributed by atoms with Gasteiger partial charge in [0.1, 0.15) is 0 Å². The van der Waals surface area contributed by atoms with Gasteiger partial charge in [0.25, 0.3) is 5.91 Å². The molecule has 0 aliphatic carbocycles. The van der Waals surface area contributed by atoms with Gasteiger partial charge < -0.3 is 4.74 Å². The number of Topliss-reactive ketones (excluding diaryl/α,β-unsaturated/α-hetero) is 1. The number of likely N-dealkylation sites (N-methyl/N-ethyl adjacent to an activating group) is 1. The average molecular weight is 497 g/mol. The van der Waals surface area contributed by atoms with Crippen molar-refractivity contribution in [1.82, 2.24) is 10.2 Å². The van der Waals surface area contributed by atoms with Crippen LogP contribution in [0.15, 0.2) is 78.9 Å². The van der Waals surface area contributed by atoms with E-state index < -0.39 is 29.6 Å². The summed E-state index contributed by atoms with van der Waals surface area (Å²) in [6.07, 6.45) is -5.32. The Bertz CT molecular complexity index is 1350. The van der Waals surface area contributed by atoms with Crippen molar-refractivity contribution in [3.8, 4) is 11.1 Å². The van der Waals surface area contributed by atoms with Gasteiger partial charge in [-0.1, -0.05) is 66.7 Å². The molecule has 1 saturated heterocycles. The molecule has 186 valence electrons. The Hall–Kier alpha value is -4.02. The van der Waals surface area contributed by atoms with Gasteiger partial charge in [-0.3, -0.25) is 20.2 Å². The molecule has 36 heavy (non-hydrogen) atoms. The van der Waals surface area contributed by atoms with E-state index in [1.807, 2.05) is 0 Å². The van der Waals surface area contributed by atoms with Gasteiger partial charge in [0.2, 0.25) is 0 Å². The summed E-state index contributed by atoms with van der Waals surface area (Å²) in [7, 11) is 1.14. The van der Waals surface area contributed by atoms with Gasteiger partial charge in [-0.05, 0) is 41.3 Å². The van der Waals surface area contributed by atoms with E-state index in [2.05, 4.69) is 10.1 Å². The molecule has 1 aliphatic rings. The van der Waals surface area contributed by atoms with E-state index in [9.17, 15) is 27.6 Å². The molecule has 1 amide bonds. The molecule has 2 atom stereocenters. The number of ketones is 1. The smallest absolute Gasteiger partial charge is 0.404 e. The molecule has 0 spiro atoms. The summed E-state index contributed by atoms with van der Waals surface area (Å²) in [5.74, 6) is -6.00. The SMILES string of the molecule is CC(=O)c1cccc(-c2cccc(C3(c4ccccc4)NC(N)(OC(=O)C(F)(F)F)N(C)C3=O)c2)c1. The first kappa shape index (κ1) is 25.1. The average Bonchev–Trinajstić information content (AvgIpc) is 3.06. The Labute approximate surface area is 204 Å². The van der Waals surface area contributed by atoms with Gasteiger partial charge in [0, 0.05) is 12.6 Å². The van der Waals surface area contributed by atoms with E-state index in [0.717, 1.165) is 11.9 Å². The summed E-state index contributed by atoms with van der Waals surface area (Å²) < 4.78 is 43.5. The molecule has 2 unspecified atom stereocenters. The number of halogens is 3. The minimum Gasteiger partial charge on any atom is -0.404 e. The molecule has 1 heterocycles. The molecule has 3 aromatic carbocycles. The van der Waals surface area contributed by atoms with Gasteiger partial charge in [-0.2, -0.15) is 13.2 Å². The Balaban J connectivity index is 1.87. The van der Waals surface area contributed by atoms with Crippen molar-refractivity contribution in [3.05, 3.63) is 95.6 Å². The Kier molecular flexibility index (Phi) is 6.19. The number of rotatable bonds is 5. The van der Waals surface area contributed by atoms with Crippen LogP contribution in [0.3, 0.4) is 0 Å². The Morgan fingerprint density at radius 1 is 0.917 bits per heavy atom. The summed E-state index contributed by atoms with van der Waals surface area (Å²) in [6.45, 7) is 1.44. The highest BCUT2D eigenvalue weighted by atomic mass is 19.4. The number of alkyl halides is 3. The van der Waals surface area contributed by atoms with Crippen LogP contribution >= 0.6 is 0 Å². The minimum atomic E-state index is -5.32. The predicted octanol–water partition coefficient (Wildman–Crippen LogP) is 3.54. The lowest BCUT2D eigenvalue weighted by Crippen LogP contribution is -2.64. The number of carbonyl (C=O) groups is 3. The van der Waals surface area contributed by atoms with Crippen molar-refractivity contribution in [2.24, 2.45) is 5.73 Å². The topological polar surface area (TPSA) is 102 Å². The molecule has 1 fully saturated rings. The summed E-state index contributed by atoms with van der Waals surface area (Å²) in [5, 5.41) is 2.68. The largest absolute Gasteiger partial charge is 0.491 e. The van der Waals surface area contributed by atoms with Crippen LogP contribution in [0.2, 0.25) is 0 Å². The fraction of sp³-hybridized carbons (Fsp3) is 0.192. The van der Waals surface area contributed by atoms with Crippen molar-refractivity contribution >= 4 is 17.7 Å². The highest BCUT2D eigenvalue weighted by Crippen LogP contribution is 2.41. The van der Waals surface area contributed by atoms with E-state index in [4.69, 9.17) is 5.73 Å². The molecule has 4 rings (SSSR count). The normalized spacial score (nSPS) is 21.9. The van der Waals surface area contributed by atoms with Crippen LogP contribution in [-0.4, -0.2) is 41.8 Å². The van der Waals surface area contributed by atoms with Crippen molar-refractivity contribution in [2.75, 3.05) is 7.05 Å². The zero-order valence-corrected chi connectivity index (χ0v) is 19.3. The highest BCUT2D eigenvalue weighted by Gasteiger charge is 2.62. The number of nitrogens with one attached hydrogen (secondary N) is 1. The quantitative estimate of drug-likeness (QED) is 0.318. The molecule has 0 bridgehead atoms. The Morgan fingerprint density at radius 3 is 2.11 bits per heavy atom. The minimum absolute atomic E-state index is 0.123. The lowest BCUT2D eigenvalue weighted by molar-refractivity contribution is -0.228. The number of hydrogen-bond acceptors (Lipinski definition) is 6. The first-order chi connectivity index (χ1) is 16.9. The number of carbonyl (C=O) groups excluding carboxylic acids is 3. The van der Waals surface area contributed by atoms with Crippen LogP contribution < -0.4 is 11.1 Å². The fourth-order valence-corrected chi connectivity index (χ4v) is 4.20. The molecule has 10 heteroatoms. The van der Waals surface area contributed by atoms with E-state index in [1.165, 1.54) is 6.92 Å². The third kappa shape index (κ3) is 4.25. The zero-order valence-electron chi connectivity index (χ0n) is 19.3. The third-order valence-corrected chi connectivity index (χ3v) is 6.07. The molecule has 3 N–H and O–H groups in total. The summed E-state index contributed by atoms with van der Waals surface area (Å²) in [5.41, 5.74) is 6.80. The lowest BCUT2D eigenvalue weighted by Gasteiger charge is -2.32. The summed E-state index contributed by atoms with van der Waals surface area (Å²) >= 11 is 0. The number of benzene rings is 3. The first-order valence-electron chi connectivity index (χ1n) is 10.8. The van der Waals surface area contributed by atoms with E-state index in [1.54, 1.807) is 78.9 Å². The van der Waals surface area contributed by atoms with Crippen LogP contribution in [0, 0.1) is 0 Å². The van der Waals surface area contributed by atoms with Gasteiger partial charge >= 0.3 is 18.1 Å². The predicted molar refractivity (Wildman–Crippen MR) is 124 cm³/mol. The number of amides is 1. The van der Waals surface area contributed by atoms with Crippen molar-refractivity contribution in [3.63, 3.8) is 0 Å². The number of ether oxygens (including phenoxy) is 1. The third-order valence-electron chi connectivity index (χ3n) is 6.07. The van der Waals surface area contributed by atoms with Crippen LogP contribution in [-0.2, 0) is 19.9 Å². The van der Waals surface area contributed by atoms with Crippen LogP contribution in [0.25, 0.3) is 11.1 Å². The highest BCUT2D eigenvalue weighted by molar-refractivity contribution is 5.96. The number of hydrogen-bond donors (Lipinski definition) is 2. The summed E-state index contributed by atoms with van der Waals surface area (Å²) in [6, 6.07) is 21.9. The molecule has 7 nitrogen and oxygen atoms in total. The maximum absolute atomic E-state index is 13.7. The van der Waals surface area contributed by atoms with Gasteiger partial charge in [0.05, 0.1) is 0 Å². The maximum atomic E-state index is 13.7. The lowest BCUT2D eigenvalue weighted by atomic mass is 9.81. The monoisotopic (exact) mass is 497 g/mol. The molecule has 0 aromatic heterocycles. The Morgan fingerprint density at radius 2 is 1.50 bits per heavy atom. The van der Waals surface area contributed by atoms with Crippen LogP contribution in [0.5, 0.6) is 0 Å². The second-order valence-corrected chi connectivity index (χ2v) is 8.41. The number of nitrogens with two attached hydrogens (primary N) is 1. The van der Waals surface area contributed by atoms with Crippen molar-refractivity contribution in [1.29, 1.82) is 0 Å². The number of esters is 1. The number of nitrogens with zero attached hydrogens (tertiary/aromatic N) is 1. The maximum Gasteiger partial charge on any atom is 0.491 e. The van der Waals surface area contributed by atoms with Crippen LogP contribution in [0.4, 0.5) is 13.2 Å². The van der Waals surface area contributed by atoms with Crippen molar-refractivity contribution < 1.29 is 32.3 Å². The molecule has 0 radical (unpaired) electrons. The van der Waals surface area contributed by atoms with E-state index in [-0.39, 0.29) is 5.78 Å². The second kappa shape index (κ2) is 8.89. The summed E-state index contributed by atoms with van der Waals surface area (Å²) in [4.78, 5) is 38.0. The molecular weight excluding hydrogens is 475 g/mol. The second-order valence-electron chi connectivity index (χ2n) is 8.41. The molecular formula is C26H22F3N3O4. The van der Waals surface area contributed by atoms with Gasteiger partial charge in [-0.25, -0.2) is 10.1 Å². The zero-order chi connectivity index (χ0) is 26.3. The van der Waals surface area contributed by atoms with E-state index >= 15 is 0 Å². The van der Waals surface area contributed by atoms with E-state index in [0.29, 0.717) is 27.8 Å². The standard InChI is InChI=1S/C26H22F3N3O4/c1-16(33)17-8-6-9-18(14-17)19-10-7-13-21(15-19)24(20-11-4-3-5-12-20)22(34)32(2)26(30,31-24)36-23(35)25(27,28)29/h3-15,31H,30H2,1-2H3. The van der Waals surface area contributed by atoms with Gasteiger partial charge in [0.15, 0.2) is 11.3 Å². The molecule has 1 aliphatic heterocycles. The van der Waals surface area contributed by atoms with Crippen molar-refractivity contribution in [2.45, 2.75) is 24.6 Å². The molecule has 3 aromatic rings. The molecule has 0 saturated carbocycles. The van der Waals surface area contributed by atoms with Gasteiger partial charge in [-0.15, -0.1) is 0 Å². The van der Waals surface area contributed by atoms with Crippen LogP contribution in [0.1, 0.15) is 28.4 Å². The first-order valence-corrected chi connectivity index (χ1v) is 10.8.